The molecule has 0 aromatic rings. The Morgan fingerprint density at radius 2 is 2.00 bits per heavy atom. The van der Waals surface area contributed by atoms with Crippen LogP contribution in [0.2, 0.25) is 0 Å². The van der Waals surface area contributed by atoms with Crippen molar-refractivity contribution in [1.29, 1.82) is 0 Å². The Labute approximate surface area is 77.4 Å². The summed E-state index contributed by atoms with van der Waals surface area (Å²) >= 11 is 10.8. The van der Waals surface area contributed by atoms with Gasteiger partial charge in [0.15, 0.2) is 0 Å². The average Bonchev–Trinajstić information content (AvgIpc) is 2.04. The topological polar surface area (TPSA) is 29.5 Å². The van der Waals surface area contributed by atoms with Gasteiger partial charge in [0.05, 0.1) is 18.6 Å². The molecule has 2 nitrogen and oxygen atoms in total. The molecule has 0 aliphatic carbocycles. The monoisotopic (exact) mass is 200 g/mol. The SMILES string of the molecule is OC(CCl)COCCCCCl. The third-order valence-electron chi connectivity index (χ3n) is 1.16. The van der Waals surface area contributed by atoms with E-state index in [0.717, 1.165) is 12.8 Å². The summed E-state index contributed by atoms with van der Waals surface area (Å²) in [6.07, 6.45) is 1.37. The number of halogens is 2. The van der Waals surface area contributed by atoms with Gasteiger partial charge in [-0.1, -0.05) is 0 Å². The van der Waals surface area contributed by atoms with Crippen molar-refractivity contribution in [3.63, 3.8) is 0 Å². The van der Waals surface area contributed by atoms with Crippen LogP contribution in [0.3, 0.4) is 0 Å². The van der Waals surface area contributed by atoms with E-state index in [-0.39, 0.29) is 5.88 Å². The minimum absolute atomic E-state index is 0.232. The fourth-order valence-electron chi connectivity index (χ4n) is 0.563. The lowest BCUT2D eigenvalue weighted by Gasteiger charge is -2.06. The van der Waals surface area contributed by atoms with Gasteiger partial charge in [-0.05, 0) is 12.8 Å². The predicted octanol–water partition coefficient (Wildman–Crippen LogP) is 1.62. The van der Waals surface area contributed by atoms with E-state index in [1.54, 1.807) is 0 Å². The zero-order valence-electron chi connectivity index (χ0n) is 6.43. The van der Waals surface area contributed by atoms with Crippen molar-refractivity contribution in [2.45, 2.75) is 18.9 Å². The normalized spacial score (nSPS) is 13.4. The van der Waals surface area contributed by atoms with Crippen LogP contribution in [0.15, 0.2) is 0 Å². The van der Waals surface area contributed by atoms with Gasteiger partial charge in [-0.15, -0.1) is 23.2 Å². The molecule has 1 N–H and O–H groups in total. The Morgan fingerprint density at radius 3 is 2.55 bits per heavy atom. The number of hydrogen-bond donors (Lipinski definition) is 1. The van der Waals surface area contributed by atoms with Gasteiger partial charge >= 0.3 is 0 Å². The van der Waals surface area contributed by atoms with Crippen LogP contribution in [0.1, 0.15) is 12.8 Å². The van der Waals surface area contributed by atoms with Crippen molar-refractivity contribution in [3.8, 4) is 0 Å². The molecule has 0 aliphatic heterocycles. The molecule has 0 aromatic carbocycles. The summed E-state index contributed by atoms with van der Waals surface area (Å²) in [6, 6.07) is 0. The highest BCUT2D eigenvalue weighted by Gasteiger charge is 2.00. The molecule has 0 rings (SSSR count). The fourth-order valence-corrected chi connectivity index (χ4v) is 0.841. The molecule has 0 aliphatic rings. The molecule has 11 heavy (non-hydrogen) atoms. The standard InChI is InChI=1S/C7H14Cl2O2/c8-3-1-2-4-11-6-7(10)5-9/h7,10H,1-6H2. The zero-order valence-corrected chi connectivity index (χ0v) is 7.94. The van der Waals surface area contributed by atoms with Crippen LogP contribution in [0.4, 0.5) is 0 Å². The maximum absolute atomic E-state index is 8.93. The van der Waals surface area contributed by atoms with Crippen LogP contribution in [0, 0.1) is 0 Å². The summed E-state index contributed by atoms with van der Waals surface area (Å²) in [5, 5.41) is 8.93. The molecule has 0 saturated heterocycles. The highest BCUT2D eigenvalue weighted by Crippen LogP contribution is 1.94. The van der Waals surface area contributed by atoms with Gasteiger partial charge in [-0.3, -0.25) is 0 Å². The maximum Gasteiger partial charge on any atom is 0.0908 e. The molecule has 0 fully saturated rings. The van der Waals surface area contributed by atoms with Gasteiger partial charge in [0.25, 0.3) is 0 Å². The molecule has 0 heterocycles. The molecular weight excluding hydrogens is 187 g/mol. The summed E-state index contributed by atoms with van der Waals surface area (Å²) in [5.41, 5.74) is 0. The lowest BCUT2D eigenvalue weighted by Crippen LogP contribution is -2.17. The first kappa shape index (κ1) is 11.5. The second-order valence-corrected chi connectivity index (χ2v) is 2.97. The van der Waals surface area contributed by atoms with Gasteiger partial charge in [-0.2, -0.15) is 0 Å². The van der Waals surface area contributed by atoms with E-state index >= 15 is 0 Å². The minimum atomic E-state index is -0.535. The largest absolute Gasteiger partial charge is 0.389 e. The van der Waals surface area contributed by atoms with E-state index < -0.39 is 6.10 Å². The quantitative estimate of drug-likeness (QED) is 0.501. The average molecular weight is 201 g/mol. The van der Waals surface area contributed by atoms with E-state index in [4.69, 9.17) is 33.0 Å². The molecule has 0 radical (unpaired) electrons. The van der Waals surface area contributed by atoms with Crippen LogP contribution in [0.25, 0.3) is 0 Å². The second kappa shape index (κ2) is 8.60. The predicted molar refractivity (Wildman–Crippen MR) is 47.5 cm³/mol. The highest BCUT2D eigenvalue weighted by molar-refractivity contribution is 6.18. The lowest BCUT2D eigenvalue weighted by atomic mass is 10.3. The Bertz CT molecular complexity index is 80.8. The van der Waals surface area contributed by atoms with Gasteiger partial charge in [0.1, 0.15) is 0 Å². The molecule has 0 amide bonds. The molecule has 0 spiro atoms. The van der Waals surface area contributed by atoms with Crippen LogP contribution in [-0.4, -0.2) is 36.2 Å². The number of rotatable bonds is 7. The van der Waals surface area contributed by atoms with E-state index in [0.29, 0.717) is 19.1 Å². The van der Waals surface area contributed by atoms with Crippen LogP contribution in [0.5, 0.6) is 0 Å². The van der Waals surface area contributed by atoms with Crippen molar-refractivity contribution in [1.82, 2.24) is 0 Å². The van der Waals surface area contributed by atoms with E-state index in [1.807, 2.05) is 0 Å². The van der Waals surface area contributed by atoms with E-state index in [9.17, 15) is 0 Å². The number of alkyl halides is 2. The minimum Gasteiger partial charge on any atom is -0.389 e. The molecular formula is C7H14Cl2O2. The van der Waals surface area contributed by atoms with Crippen molar-refractivity contribution < 1.29 is 9.84 Å². The van der Waals surface area contributed by atoms with Crippen molar-refractivity contribution >= 4 is 23.2 Å². The molecule has 0 aromatic heterocycles. The zero-order chi connectivity index (χ0) is 8.53. The third kappa shape index (κ3) is 8.41. The molecule has 1 atom stereocenters. The smallest absolute Gasteiger partial charge is 0.0908 e. The van der Waals surface area contributed by atoms with Crippen LogP contribution in [-0.2, 0) is 4.74 Å². The Hall–Kier alpha value is 0.500. The Balaban J connectivity index is 2.89. The summed E-state index contributed by atoms with van der Waals surface area (Å²) in [6.45, 7) is 0.979. The van der Waals surface area contributed by atoms with Crippen LogP contribution >= 0.6 is 23.2 Å². The summed E-state index contributed by atoms with van der Waals surface area (Å²) in [5.74, 6) is 0.900. The van der Waals surface area contributed by atoms with Gasteiger partial charge in [0, 0.05) is 12.5 Å². The summed E-state index contributed by atoms with van der Waals surface area (Å²) in [4.78, 5) is 0. The number of hydrogen-bond acceptors (Lipinski definition) is 2. The Morgan fingerprint density at radius 1 is 1.27 bits per heavy atom. The van der Waals surface area contributed by atoms with Gasteiger partial charge in [0.2, 0.25) is 0 Å². The first-order chi connectivity index (χ1) is 5.31. The van der Waals surface area contributed by atoms with Crippen LogP contribution < -0.4 is 0 Å². The van der Waals surface area contributed by atoms with Crippen molar-refractivity contribution in [3.05, 3.63) is 0 Å². The molecule has 0 bridgehead atoms. The number of unbranched alkanes of at least 4 members (excludes halogenated alkanes) is 1. The first-order valence-electron chi connectivity index (χ1n) is 3.69. The third-order valence-corrected chi connectivity index (χ3v) is 1.78. The highest BCUT2D eigenvalue weighted by atomic mass is 35.5. The Kier molecular flexibility index (Phi) is 8.99. The molecule has 0 saturated carbocycles. The first-order valence-corrected chi connectivity index (χ1v) is 4.76. The second-order valence-electron chi connectivity index (χ2n) is 2.28. The lowest BCUT2D eigenvalue weighted by molar-refractivity contribution is 0.0468. The molecule has 4 heteroatoms. The van der Waals surface area contributed by atoms with Gasteiger partial charge in [-0.25, -0.2) is 0 Å². The van der Waals surface area contributed by atoms with E-state index in [2.05, 4.69) is 0 Å². The molecule has 1 unspecified atom stereocenters. The number of aliphatic hydroxyl groups excluding tert-OH is 1. The van der Waals surface area contributed by atoms with Crippen molar-refractivity contribution in [2.24, 2.45) is 0 Å². The summed E-state index contributed by atoms with van der Waals surface area (Å²) in [7, 11) is 0. The molecule has 68 valence electrons. The van der Waals surface area contributed by atoms with Crippen molar-refractivity contribution in [2.75, 3.05) is 25.0 Å². The van der Waals surface area contributed by atoms with E-state index in [1.165, 1.54) is 0 Å². The van der Waals surface area contributed by atoms with Gasteiger partial charge < -0.3 is 9.84 Å². The summed E-state index contributed by atoms with van der Waals surface area (Å²) < 4.78 is 5.10. The number of aliphatic hydroxyl groups is 1. The fraction of sp³-hybridized carbons (Fsp3) is 1.00. The maximum atomic E-state index is 8.93. The number of ether oxygens (including phenoxy) is 1.